The van der Waals surface area contributed by atoms with Crippen molar-refractivity contribution >= 4 is 35.1 Å². The SMILES string of the molecule is NC(=O)c1ccc(NC(=O)CC2(C(=O)O)CCC2)cc1Cl. The summed E-state index contributed by atoms with van der Waals surface area (Å²) in [5.41, 5.74) is 4.75. The Morgan fingerprint density at radius 3 is 2.43 bits per heavy atom. The molecule has 0 aliphatic heterocycles. The first kappa shape index (κ1) is 15.3. The van der Waals surface area contributed by atoms with Crippen molar-refractivity contribution in [1.82, 2.24) is 0 Å². The standard InChI is InChI=1S/C14H15ClN2O4/c15-10-6-8(2-3-9(10)12(16)19)17-11(18)7-14(13(20)21)4-1-5-14/h2-3,6H,1,4-5,7H2,(H2,16,19)(H,17,18)(H,20,21). The van der Waals surface area contributed by atoms with Crippen LogP contribution in [0.25, 0.3) is 0 Å². The van der Waals surface area contributed by atoms with E-state index in [2.05, 4.69) is 5.32 Å². The molecular formula is C14H15ClN2O4. The average Bonchev–Trinajstić information content (AvgIpc) is 2.32. The fourth-order valence-electron chi connectivity index (χ4n) is 2.38. The summed E-state index contributed by atoms with van der Waals surface area (Å²) in [6.07, 6.45) is 1.77. The monoisotopic (exact) mass is 310 g/mol. The van der Waals surface area contributed by atoms with Gasteiger partial charge in [-0.1, -0.05) is 18.0 Å². The van der Waals surface area contributed by atoms with E-state index in [9.17, 15) is 19.5 Å². The van der Waals surface area contributed by atoms with Gasteiger partial charge in [-0.3, -0.25) is 14.4 Å². The summed E-state index contributed by atoms with van der Waals surface area (Å²) in [6, 6.07) is 4.32. The van der Waals surface area contributed by atoms with E-state index >= 15 is 0 Å². The van der Waals surface area contributed by atoms with Crippen LogP contribution in [0.1, 0.15) is 36.0 Å². The van der Waals surface area contributed by atoms with Gasteiger partial charge in [0.15, 0.2) is 0 Å². The van der Waals surface area contributed by atoms with Crippen LogP contribution < -0.4 is 11.1 Å². The fourth-order valence-corrected chi connectivity index (χ4v) is 2.65. The van der Waals surface area contributed by atoms with Gasteiger partial charge < -0.3 is 16.2 Å². The van der Waals surface area contributed by atoms with Gasteiger partial charge in [0.1, 0.15) is 0 Å². The lowest BCUT2D eigenvalue weighted by molar-refractivity contribution is -0.157. The van der Waals surface area contributed by atoms with Crippen molar-refractivity contribution in [3.05, 3.63) is 28.8 Å². The first-order valence-electron chi connectivity index (χ1n) is 6.47. The summed E-state index contributed by atoms with van der Waals surface area (Å²) >= 11 is 5.88. The summed E-state index contributed by atoms with van der Waals surface area (Å²) in [7, 11) is 0. The lowest BCUT2D eigenvalue weighted by Crippen LogP contribution is -2.41. The highest BCUT2D eigenvalue weighted by molar-refractivity contribution is 6.34. The summed E-state index contributed by atoms with van der Waals surface area (Å²) in [6.45, 7) is 0. The molecule has 1 aliphatic carbocycles. The molecule has 0 unspecified atom stereocenters. The number of hydrogen-bond acceptors (Lipinski definition) is 3. The molecule has 21 heavy (non-hydrogen) atoms. The molecule has 1 fully saturated rings. The van der Waals surface area contributed by atoms with Crippen LogP contribution in [-0.4, -0.2) is 22.9 Å². The number of aliphatic carboxylic acids is 1. The predicted octanol–water partition coefficient (Wildman–Crippen LogP) is 2.02. The second kappa shape index (κ2) is 5.73. The van der Waals surface area contributed by atoms with Gasteiger partial charge in [-0.15, -0.1) is 0 Å². The van der Waals surface area contributed by atoms with E-state index in [1.54, 1.807) is 0 Å². The van der Waals surface area contributed by atoms with Crippen molar-refractivity contribution in [3.8, 4) is 0 Å². The molecule has 1 aliphatic rings. The highest BCUT2D eigenvalue weighted by Crippen LogP contribution is 2.44. The van der Waals surface area contributed by atoms with E-state index in [0.29, 0.717) is 18.5 Å². The molecule has 4 N–H and O–H groups in total. The number of nitrogens with one attached hydrogen (secondary N) is 1. The van der Waals surface area contributed by atoms with Gasteiger partial charge >= 0.3 is 5.97 Å². The molecule has 1 aromatic rings. The molecule has 0 heterocycles. The summed E-state index contributed by atoms with van der Waals surface area (Å²) in [5.74, 6) is -1.98. The quantitative estimate of drug-likeness (QED) is 0.772. The number of rotatable bonds is 5. The third-order valence-electron chi connectivity index (χ3n) is 3.78. The number of carbonyl (C=O) groups is 3. The van der Waals surface area contributed by atoms with E-state index in [1.807, 2.05) is 0 Å². The summed E-state index contributed by atoms with van der Waals surface area (Å²) in [5, 5.41) is 11.9. The molecule has 0 aromatic heterocycles. The topological polar surface area (TPSA) is 109 Å². The van der Waals surface area contributed by atoms with Crippen molar-refractivity contribution in [3.63, 3.8) is 0 Å². The largest absolute Gasteiger partial charge is 0.481 e. The van der Waals surface area contributed by atoms with Crippen LogP contribution in [-0.2, 0) is 9.59 Å². The van der Waals surface area contributed by atoms with Crippen LogP contribution in [0.3, 0.4) is 0 Å². The zero-order valence-electron chi connectivity index (χ0n) is 11.2. The fraction of sp³-hybridized carbons (Fsp3) is 0.357. The summed E-state index contributed by atoms with van der Waals surface area (Å²) in [4.78, 5) is 34.2. The number of carbonyl (C=O) groups excluding carboxylic acids is 2. The molecule has 112 valence electrons. The van der Waals surface area contributed by atoms with Crippen molar-refractivity contribution in [2.45, 2.75) is 25.7 Å². The Kier molecular flexibility index (Phi) is 4.18. The molecule has 1 aromatic carbocycles. The van der Waals surface area contributed by atoms with Crippen LogP contribution >= 0.6 is 11.6 Å². The number of benzene rings is 1. The maximum atomic E-state index is 11.9. The second-order valence-electron chi connectivity index (χ2n) is 5.22. The average molecular weight is 311 g/mol. The van der Waals surface area contributed by atoms with Crippen molar-refractivity contribution < 1.29 is 19.5 Å². The van der Waals surface area contributed by atoms with Gasteiger partial charge in [0.2, 0.25) is 11.8 Å². The number of hydrogen-bond donors (Lipinski definition) is 3. The molecule has 0 radical (unpaired) electrons. The highest BCUT2D eigenvalue weighted by atomic mass is 35.5. The van der Waals surface area contributed by atoms with Crippen LogP contribution in [0.15, 0.2) is 18.2 Å². The summed E-state index contributed by atoms with van der Waals surface area (Å²) < 4.78 is 0. The normalized spacial score (nSPS) is 15.9. The molecule has 1 saturated carbocycles. The van der Waals surface area contributed by atoms with E-state index in [-0.39, 0.29) is 22.9 Å². The van der Waals surface area contributed by atoms with E-state index in [4.69, 9.17) is 17.3 Å². The Morgan fingerprint density at radius 2 is 2.00 bits per heavy atom. The molecule has 0 atom stereocenters. The number of nitrogens with two attached hydrogens (primary N) is 1. The van der Waals surface area contributed by atoms with Gasteiger partial charge in [0.25, 0.3) is 0 Å². The highest BCUT2D eigenvalue weighted by Gasteiger charge is 2.45. The zero-order valence-corrected chi connectivity index (χ0v) is 11.9. The van der Waals surface area contributed by atoms with Crippen molar-refractivity contribution in [2.75, 3.05) is 5.32 Å². The molecule has 2 amide bonds. The second-order valence-corrected chi connectivity index (χ2v) is 5.63. The van der Waals surface area contributed by atoms with Crippen LogP contribution in [0.5, 0.6) is 0 Å². The minimum Gasteiger partial charge on any atom is -0.481 e. The molecule has 7 heteroatoms. The molecule has 6 nitrogen and oxygen atoms in total. The van der Waals surface area contributed by atoms with Crippen LogP contribution in [0, 0.1) is 5.41 Å². The zero-order chi connectivity index (χ0) is 15.6. The first-order valence-corrected chi connectivity index (χ1v) is 6.84. The van der Waals surface area contributed by atoms with E-state index < -0.39 is 17.3 Å². The number of halogens is 1. The Balaban J connectivity index is 2.05. The number of anilines is 1. The third kappa shape index (κ3) is 3.16. The van der Waals surface area contributed by atoms with E-state index in [0.717, 1.165) is 6.42 Å². The van der Waals surface area contributed by atoms with Crippen molar-refractivity contribution in [2.24, 2.45) is 11.1 Å². The van der Waals surface area contributed by atoms with E-state index in [1.165, 1.54) is 18.2 Å². The van der Waals surface area contributed by atoms with Gasteiger partial charge in [-0.05, 0) is 31.0 Å². The smallest absolute Gasteiger partial charge is 0.310 e. The van der Waals surface area contributed by atoms with Gasteiger partial charge in [0.05, 0.1) is 16.0 Å². The molecular weight excluding hydrogens is 296 g/mol. The molecule has 0 bridgehead atoms. The minimum atomic E-state index is -0.943. The van der Waals surface area contributed by atoms with Gasteiger partial charge in [-0.2, -0.15) is 0 Å². The Bertz CT molecular complexity index is 611. The third-order valence-corrected chi connectivity index (χ3v) is 4.09. The predicted molar refractivity (Wildman–Crippen MR) is 77.1 cm³/mol. The van der Waals surface area contributed by atoms with Crippen LogP contribution in [0.2, 0.25) is 5.02 Å². The molecule has 2 rings (SSSR count). The lowest BCUT2D eigenvalue weighted by atomic mass is 9.66. The minimum absolute atomic E-state index is 0.0719. The van der Waals surface area contributed by atoms with Crippen molar-refractivity contribution in [1.29, 1.82) is 0 Å². The molecule has 0 spiro atoms. The maximum Gasteiger partial charge on any atom is 0.310 e. The van der Waals surface area contributed by atoms with Gasteiger partial charge in [-0.25, -0.2) is 0 Å². The Hall–Kier alpha value is -2.08. The Morgan fingerprint density at radius 1 is 1.33 bits per heavy atom. The van der Waals surface area contributed by atoms with Gasteiger partial charge in [0, 0.05) is 12.1 Å². The number of carboxylic acid groups (broad SMARTS) is 1. The lowest BCUT2D eigenvalue weighted by Gasteiger charge is -2.36. The number of amides is 2. The number of carboxylic acids is 1. The first-order chi connectivity index (χ1) is 9.84. The Labute approximate surface area is 126 Å². The molecule has 0 saturated heterocycles. The maximum absolute atomic E-state index is 11.9. The van der Waals surface area contributed by atoms with Crippen LogP contribution in [0.4, 0.5) is 5.69 Å². The number of primary amides is 1.